The molecule has 1 rings (SSSR count). The maximum Gasteiger partial charge on any atom is 0.325 e. The second kappa shape index (κ2) is 5.95. The molecule has 0 saturated heterocycles. The Kier molecular flexibility index (Phi) is 4.59. The summed E-state index contributed by atoms with van der Waals surface area (Å²) >= 11 is 0. The maximum absolute atomic E-state index is 11.3. The number of hydrogen-bond donors (Lipinski definition) is 0. The van der Waals surface area contributed by atoms with Crippen LogP contribution < -0.4 is 4.90 Å². The molecule has 0 aliphatic carbocycles. The number of rotatable bonds is 5. The van der Waals surface area contributed by atoms with Crippen LogP contribution in [-0.2, 0) is 9.53 Å². The summed E-state index contributed by atoms with van der Waals surface area (Å²) in [7, 11) is 1.27. The van der Waals surface area contributed by atoms with E-state index in [0.29, 0.717) is 12.1 Å². The Balaban J connectivity index is 3.17. The fraction of sp³-hybridized carbons (Fsp3) is 0.455. The molecule has 0 bridgehead atoms. The summed E-state index contributed by atoms with van der Waals surface area (Å²) in [5, 5.41) is 11.0. The van der Waals surface area contributed by atoms with Crippen LogP contribution in [0.25, 0.3) is 0 Å². The lowest BCUT2D eigenvalue weighted by molar-refractivity contribution is -0.384. The number of methoxy groups -OCH3 is 1. The molecule has 0 fully saturated rings. The van der Waals surface area contributed by atoms with Crippen molar-refractivity contribution < 1.29 is 14.5 Å². The number of nitro groups is 1. The van der Waals surface area contributed by atoms with Crippen molar-refractivity contribution in [3.63, 3.8) is 0 Å². The lowest BCUT2D eigenvalue weighted by Crippen LogP contribution is -2.31. The van der Waals surface area contributed by atoms with Crippen molar-refractivity contribution in [3.8, 4) is 0 Å². The van der Waals surface area contributed by atoms with E-state index in [4.69, 9.17) is 0 Å². The first kappa shape index (κ1) is 13.9. The topological polar surface area (TPSA) is 85.6 Å². The molecule has 0 atom stereocenters. The molecule has 0 radical (unpaired) electrons. The molecule has 1 aromatic rings. The molecule has 0 unspecified atom stereocenters. The molecule has 0 spiro atoms. The third kappa shape index (κ3) is 2.93. The summed E-state index contributed by atoms with van der Waals surface area (Å²) < 4.78 is 4.56. The van der Waals surface area contributed by atoms with Crippen molar-refractivity contribution in [2.45, 2.75) is 13.8 Å². The van der Waals surface area contributed by atoms with Gasteiger partial charge in [0.05, 0.1) is 12.0 Å². The van der Waals surface area contributed by atoms with Gasteiger partial charge >= 0.3 is 11.7 Å². The highest BCUT2D eigenvalue weighted by atomic mass is 16.6. The molecule has 18 heavy (non-hydrogen) atoms. The van der Waals surface area contributed by atoms with E-state index in [0.717, 1.165) is 0 Å². The average Bonchev–Trinajstić information content (AvgIpc) is 2.34. The molecule has 0 aliphatic heterocycles. The zero-order valence-corrected chi connectivity index (χ0v) is 10.5. The first-order chi connectivity index (χ1) is 8.51. The highest BCUT2D eigenvalue weighted by molar-refractivity contribution is 5.77. The predicted molar refractivity (Wildman–Crippen MR) is 65.5 cm³/mol. The highest BCUT2D eigenvalue weighted by Crippen LogP contribution is 2.28. The summed E-state index contributed by atoms with van der Waals surface area (Å²) in [6.45, 7) is 3.78. The number of ether oxygens (including phenoxy) is 1. The highest BCUT2D eigenvalue weighted by Gasteiger charge is 2.24. The van der Waals surface area contributed by atoms with Gasteiger partial charge in [0.1, 0.15) is 6.54 Å². The van der Waals surface area contributed by atoms with E-state index in [9.17, 15) is 14.9 Å². The average molecular weight is 253 g/mol. The third-order valence-corrected chi connectivity index (χ3v) is 2.52. The molecule has 0 aliphatic rings. The molecular weight excluding hydrogens is 238 g/mol. The van der Waals surface area contributed by atoms with Gasteiger partial charge in [0.15, 0.2) is 0 Å². The fourth-order valence-corrected chi connectivity index (χ4v) is 1.55. The normalized spacial score (nSPS) is 9.94. The number of hydrogen-bond acceptors (Lipinski definition) is 6. The van der Waals surface area contributed by atoms with Gasteiger partial charge in [-0.1, -0.05) is 0 Å². The third-order valence-electron chi connectivity index (χ3n) is 2.52. The number of anilines is 1. The van der Waals surface area contributed by atoms with Crippen LogP contribution in [0.1, 0.15) is 12.5 Å². The molecular formula is C11H15N3O4. The Morgan fingerprint density at radius 2 is 2.28 bits per heavy atom. The Bertz CT molecular complexity index is 462. The molecule has 1 heterocycles. The van der Waals surface area contributed by atoms with Gasteiger partial charge in [0.25, 0.3) is 0 Å². The van der Waals surface area contributed by atoms with E-state index in [2.05, 4.69) is 9.72 Å². The number of aryl methyl sites for hydroxylation is 1. The number of carbonyl (C=O) groups is 1. The first-order valence-electron chi connectivity index (χ1n) is 5.43. The van der Waals surface area contributed by atoms with Gasteiger partial charge in [-0.25, -0.2) is 4.98 Å². The van der Waals surface area contributed by atoms with E-state index in [-0.39, 0.29) is 18.1 Å². The molecule has 0 N–H and O–H groups in total. The number of carbonyl (C=O) groups excluding carboxylic acids is 1. The Hall–Kier alpha value is -2.18. The molecule has 0 saturated carbocycles. The molecule has 0 amide bonds. The van der Waals surface area contributed by atoms with Crippen LogP contribution in [0.2, 0.25) is 0 Å². The minimum absolute atomic E-state index is 0.0652. The first-order valence-corrected chi connectivity index (χ1v) is 5.43. The second-order valence-corrected chi connectivity index (χ2v) is 3.65. The van der Waals surface area contributed by atoms with Crippen molar-refractivity contribution >= 4 is 17.5 Å². The predicted octanol–water partition coefficient (Wildman–Crippen LogP) is 1.30. The van der Waals surface area contributed by atoms with E-state index in [1.807, 2.05) is 0 Å². The van der Waals surface area contributed by atoms with E-state index >= 15 is 0 Å². The number of likely N-dealkylation sites (N-methyl/N-ethyl adjacent to an activating group) is 1. The van der Waals surface area contributed by atoms with Crippen molar-refractivity contribution in [3.05, 3.63) is 27.9 Å². The number of aromatic nitrogens is 1. The van der Waals surface area contributed by atoms with Crippen LogP contribution in [-0.4, -0.2) is 36.1 Å². The molecule has 7 nitrogen and oxygen atoms in total. The Morgan fingerprint density at radius 3 is 2.78 bits per heavy atom. The summed E-state index contributed by atoms with van der Waals surface area (Å²) in [6.07, 6.45) is 1.48. The van der Waals surface area contributed by atoms with Gasteiger partial charge in [-0.2, -0.15) is 0 Å². The maximum atomic E-state index is 11.3. The minimum Gasteiger partial charge on any atom is -0.468 e. The van der Waals surface area contributed by atoms with E-state index in [1.54, 1.807) is 19.9 Å². The SMILES string of the molecule is CCN(CC(=O)OC)c1nccc(C)c1[N+](=O)[O-]. The number of esters is 1. The van der Waals surface area contributed by atoms with Crippen LogP contribution in [0.15, 0.2) is 12.3 Å². The van der Waals surface area contributed by atoms with Crippen LogP contribution in [0, 0.1) is 17.0 Å². The zero-order chi connectivity index (χ0) is 13.7. The molecule has 98 valence electrons. The Morgan fingerprint density at radius 1 is 1.61 bits per heavy atom. The van der Waals surface area contributed by atoms with Crippen LogP contribution >= 0.6 is 0 Å². The van der Waals surface area contributed by atoms with Gasteiger partial charge in [0.2, 0.25) is 5.82 Å². The summed E-state index contributed by atoms with van der Waals surface area (Å²) in [6, 6.07) is 1.56. The smallest absolute Gasteiger partial charge is 0.325 e. The zero-order valence-electron chi connectivity index (χ0n) is 10.5. The standard InChI is InChI=1S/C11H15N3O4/c1-4-13(7-9(15)18-3)11-10(14(16)17)8(2)5-6-12-11/h5-6H,4,7H2,1-3H3. The number of pyridine rings is 1. The van der Waals surface area contributed by atoms with Gasteiger partial charge in [0, 0.05) is 18.3 Å². The van der Waals surface area contributed by atoms with Crippen LogP contribution in [0.4, 0.5) is 11.5 Å². The van der Waals surface area contributed by atoms with Gasteiger partial charge in [-0.05, 0) is 19.9 Å². The van der Waals surface area contributed by atoms with E-state index in [1.165, 1.54) is 18.2 Å². The van der Waals surface area contributed by atoms with Crippen molar-refractivity contribution in [1.29, 1.82) is 0 Å². The lowest BCUT2D eigenvalue weighted by atomic mass is 10.2. The largest absolute Gasteiger partial charge is 0.468 e. The molecule has 1 aromatic heterocycles. The summed E-state index contributed by atoms with van der Waals surface area (Å²) in [5.41, 5.74) is 0.427. The lowest BCUT2D eigenvalue weighted by Gasteiger charge is -2.20. The van der Waals surface area contributed by atoms with Crippen molar-refractivity contribution in [2.75, 3.05) is 25.1 Å². The van der Waals surface area contributed by atoms with Crippen LogP contribution in [0.5, 0.6) is 0 Å². The minimum atomic E-state index is -0.488. The summed E-state index contributed by atoms with van der Waals surface area (Å²) in [4.78, 5) is 27.3. The Labute approximate surface area is 105 Å². The van der Waals surface area contributed by atoms with Gasteiger partial charge in [-0.15, -0.1) is 0 Å². The number of nitrogens with zero attached hydrogens (tertiary/aromatic N) is 3. The summed E-state index contributed by atoms with van der Waals surface area (Å²) in [5.74, 6) is -0.276. The van der Waals surface area contributed by atoms with Crippen molar-refractivity contribution in [2.24, 2.45) is 0 Å². The molecule has 0 aromatic carbocycles. The van der Waals surface area contributed by atoms with Gasteiger partial charge in [-0.3, -0.25) is 14.9 Å². The van der Waals surface area contributed by atoms with Crippen LogP contribution in [0.3, 0.4) is 0 Å². The monoisotopic (exact) mass is 253 g/mol. The second-order valence-electron chi connectivity index (χ2n) is 3.65. The van der Waals surface area contributed by atoms with Gasteiger partial charge < -0.3 is 9.64 Å². The molecule has 7 heteroatoms. The van der Waals surface area contributed by atoms with E-state index < -0.39 is 10.9 Å². The fourth-order valence-electron chi connectivity index (χ4n) is 1.55. The quantitative estimate of drug-likeness (QED) is 0.446. The van der Waals surface area contributed by atoms with Crippen molar-refractivity contribution in [1.82, 2.24) is 4.98 Å².